The van der Waals surface area contributed by atoms with Gasteiger partial charge in [-0.15, -0.1) is 0 Å². The van der Waals surface area contributed by atoms with Gasteiger partial charge in [-0.3, -0.25) is 0 Å². The van der Waals surface area contributed by atoms with Crippen LogP contribution in [0, 0.1) is 0 Å². The van der Waals surface area contributed by atoms with Gasteiger partial charge in [-0.2, -0.15) is 0 Å². The number of anilines is 1. The zero-order valence-corrected chi connectivity index (χ0v) is 11.7. The van der Waals surface area contributed by atoms with Gasteiger partial charge in [-0.05, 0) is 32.9 Å². The Labute approximate surface area is 113 Å². The monoisotopic (exact) mass is 264 g/mol. The summed E-state index contributed by atoms with van der Waals surface area (Å²) in [5.74, 6) is 0.349. The van der Waals surface area contributed by atoms with Gasteiger partial charge in [0.15, 0.2) is 0 Å². The molecule has 0 aliphatic carbocycles. The summed E-state index contributed by atoms with van der Waals surface area (Å²) in [6.07, 6.45) is 1.69. The highest BCUT2D eigenvalue weighted by Gasteiger charge is 2.24. The normalized spacial score (nSPS) is 16.3. The van der Waals surface area contributed by atoms with Crippen LogP contribution in [0.15, 0.2) is 18.3 Å². The summed E-state index contributed by atoms with van der Waals surface area (Å²) in [5, 5.41) is 0. The molecule has 0 amide bonds. The fourth-order valence-electron chi connectivity index (χ4n) is 1.92. The van der Waals surface area contributed by atoms with E-state index in [0.29, 0.717) is 24.6 Å². The van der Waals surface area contributed by atoms with Gasteiger partial charge in [0, 0.05) is 19.3 Å². The summed E-state index contributed by atoms with van der Waals surface area (Å²) in [5.41, 5.74) is 0.00851. The quantitative estimate of drug-likeness (QED) is 0.763. The van der Waals surface area contributed by atoms with Gasteiger partial charge in [0.05, 0.1) is 13.2 Å². The molecule has 1 aliphatic rings. The standard InChI is InChI=1S/C14H20N2O3/c1-14(2,3)19-13(17)11-5-4-6-15-12(11)16-7-9-18-10-8-16/h4-6H,7-10H2,1-3H3. The third-order valence-corrected chi connectivity index (χ3v) is 2.72. The minimum atomic E-state index is -0.505. The van der Waals surface area contributed by atoms with Gasteiger partial charge in [-0.1, -0.05) is 0 Å². The van der Waals surface area contributed by atoms with Crippen molar-refractivity contribution < 1.29 is 14.3 Å². The fourth-order valence-corrected chi connectivity index (χ4v) is 1.92. The Hall–Kier alpha value is -1.62. The van der Waals surface area contributed by atoms with Crippen LogP contribution in [0.5, 0.6) is 0 Å². The number of carbonyl (C=O) groups is 1. The molecule has 5 heteroatoms. The molecule has 1 saturated heterocycles. The molecule has 2 rings (SSSR count). The minimum Gasteiger partial charge on any atom is -0.456 e. The Morgan fingerprint density at radius 1 is 1.37 bits per heavy atom. The third-order valence-electron chi connectivity index (χ3n) is 2.72. The highest BCUT2D eigenvalue weighted by atomic mass is 16.6. The Balaban J connectivity index is 2.22. The van der Waals surface area contributed by atoms with Crippen molar-refractivity contribution in [2.75, 3.05) is 31.2 Å². The van der Waals surface area contributed by atoms with Crippen molar-refractivity contribution in [3.05, 3.63) is 23.9 Å². The number of aromatic nitrogens is 1. The zero-order valence-electron chi connectivity index (χ0n) is 11.7. The van der Waals surface area contributed by atoms with Crippen molar-refractivity contribution in [2.24, 2.45) is 0 Å². The minimum absolute atomic E-state index is 0.331. The van der Waals surface area contributed by atoms with E-state index in [9.17, 15) is 4.79 Å². The molecule has 0 bridgehead atoms. The molecule has 0 atom stereocenters. The first-order chi connectivity index (χ1) is 8.97. The van der Waals surface area contributed by atoms with Crippen LogP contribution >= 0.6 is 0 Å². The number of morpholine rings is 1. The van der Waals surface area contributed by atoms with E-state index in [0.717, 1.165) is 13.1 Å². The maximum atomic E-state index is 12.2. The molecule has 0 N–H and O–H groups in total. The van der Waals surface area contributed by atoms with Gasteiger partial charge in [0.2, 0.25) is 0 Å². The highest BCUT2D eigenvalue weighted by Crippen LogP contribution is 2.21. The van der Waals surface area contributed by atoms with Crippen LogP contribution in [0.25, 0.3) is 0 Å². The summed E-state index contributed by atoms with van der Waals surface area (Å²) in [7, 11) is 0. The van der Waals surface area contributed by atoms with Crippen molar-refractivity contribution in [2.45, 2.75) is 26.4 Å². The molecule has 0 saturated carbocycles. The zero-order chi connectivity index (χ0) is 13.9. The number of carbonyl (C=O) groups excluding carboxylic acids is 1. The molecule has 1 aromatic heterocycles. The molecule has 1 aromatic rings. The van der Waals surface area contributed by atoms with Gasteiger partial charge >= 0.3 is 5.97 Å². The van der Waals surface area contributed by atoms with Gasteiger partial charge in [0.25, 0.3) is 0 Å². The molecule has 1 fully saturated rings. The molecule has 5 nitrogen and oxygen atoms in total. The predicted molar refractivity (Wildman–Crippen MR) is 72.4 cm³/mol. The van der Waals surface area contributed by atoms with Crippen molar-refractivity contribution in [3.63, 3.8) is 0 Å². The summed E-state index contributed by atoms with van der Waals surface area (Å²) in [6, 6.07) is 3.51. The van der Waals surface area contributed by atoms with E-state index in [1.807, 2.05) is 20.8 Å². The number of ether oxygens (including phenoxy) is 2. The number of nitrogens with zero attached hydrogens (tertiary/aromatic N) is 2. The first kappa shape index (κ1) is 13.8. The van der Waals surface area contributed by atoms with E-state index in [4.69, 9.17) is 9.47 Å². The lowest BCUT2D eigenvalue weighted by molar-refractivity contribution is 0.00694. The predicted octanol–water partition coefficient (Wildman–Crippen LogP) is 1.87. The lowest BCUT2D eigenvalue weighted by Gasteiger charge is -2.29. The van der Waals surface area contributed by atoms with Crippen LogP contribution in [-0.4, -0.2) is 42.9 Å². The molecule has 104 valence electrons. The Kier molecular flexibility index (Phi) is 4.04. The Morgan fingerprint density at radius 2 is 2.05 bits per heavy atom. The Bertz CT molecular complexity index is 448. The van der Waals surface area contributed by atoms with E-state index in [-0.39, 0.29) is 5.97 Å². The number of pyridine rings is 1. The number of esters is 1. The third kappa shape index (κ3) is 3.67. The first-order valence-corrected chi connectivity index (χ1v) is 6.48. The molecule has 19 heavy (non-hydrogen) atoms. The van der Waals surface area contributed by atoms with E-state index < -0.39 is 5.60 Å². The second kappa shape index (κ2) is 5.57. The van der Waals surface area contributed by atoms with Crippen molar-refractivity contribution >= 4 is 11.8 Å². The van der Waals surface area contributed by atoms with Crippen LogP contribution < -0.4 is 4.90 Å². The summed E-state index contributed by atoms with van der Waals surface area (Å²) >= 11 is 0. The van der Waals surface area contributed by atoms with Crippen molar-refractivity contribution in [1.29, 1.82) is 0 Å². The summed E-state index contributed by atoms with van der Waals surface area (Å²) in [6.45, 7) is 8.37. The van der Waals surface area contributed by atoms with E-state index in [2.05, 4.69) is 9.88 Å². The fraction of sp³-hybridized carbons (Fsp3) is 0.571. The average molecular weight is 264 g/mol. The molecular weight excluding hydrogens is 244 g/mol. The topological polar surface area (TPSA) is 51.7 Å². The average Bonchev–Trinajstić information content (AvgIpc) is 2.38. The maximum Gasteiger partial charge on any atom is 0.342 e. The molecular formula is C14H20N2O3. The smallest absolute Gasteiger partial charge is 0.342 e. The van der Waals surface area contributed by atoms with E-state index >= 15 is 0 Å². The molecule has 0 radical (unpaired) electrons. The Morgan fingerprint density at radius 3 is 2.68 bits per heavy atom. The van der Waals surface area contributed by atoms with Crippen LogP contribution in [0.2, 0.25) is 0 Å². The second-order valence-electron chi connectivity index (χ2n) is 5.48. The van der Waals surface area contributed by atoms with E-state index in [1.54, 1.807) is 18.3 Å². The van der Waals surface area contributed by atoms with Crippen LogP contribution in [-0.2, 0) is 9.47 Å². The molecule has 0 aromatic carbocycles. The summed E-state index contributed by atoms with van der Waals surface area (Å²) in [4.78, 5) is 18.6. The second-order valence-corrected chi connectivity index (χ2v) is 5.48. The van der Waals surface area contributed by atoms with Crippen molar-refractivity contribution in [3.8, 4) is 0 Å². The number of rotatable bonds is 2. The SMILES string of the molecule is CC(C)(C)OC(=O)c1cccnc1N1CCOCC1. The highest BCUT2D eigenvalue weighted by molar-refractivity contribution is 5.95. The molecule has 0 unspecified atom stereocenters. The van der Waals surface area contributed by atoms with E-state index in [1.165, 1.54) is 0 Å². The summed E-state index contributed by atoms with van der Waals surface area (Å²) < 4.78 is 10.7. The van der Waals surface area contributed by atoms with Crippen LogP contribution in [0.4, 0.5) is 5.82 Å². The maximum absolute atomic E-state index is 12.2. The van der Waals surface area contributed by atoms with Crippen LogP contribution in [0.1, 0.15) is 31.1 Å². The molecule has 1 aliphatic heterocycles. The lowest BCUT2D eigenvalue weighted by atomic mass is 10.1. The van der Waals surface area contributed by atoms with Crippen molar-refractivity contribution in [1.82, 2.24) is 4.98 Å². The number of hydrogen-bond acceptors (Lipinski definition) is 5. The molecule has 0 spiro atoms. The van der Waals surface area contributed by atoms with Crippen LogP contribution in [0.3, 0.4) is 0 Å². The largest absolute Gasteiger partial charge is 0.456 e. The first-order valence-electron chi connectivity index (χ1n) is 6.48. The van der Waals surface area contributed by atoms with Gasteiger partial charge < -0.3 is 14.4 Å². The number of hydrogen-bond donors (Lipinski definition) is 0. The van der Waals surface area contributed by atoms with Gasteiger partial charge in [-0.25, -0.2) is 9.78 Å². The van der Waals surface area contributed by atoms with Gasteiger partial charge in [0.1, 0.15) is 17.0 Å². The molecule has 2 heterocycles. The lowest BCUT2D eigenvalue weighted by Crippen LogP contribution is -2.38.